The Morgan fingerprint density at radius 2 is 2.04 bits per heavy atom. The van der Waals surface area contributed by atoms with Gasteiger partial charge in [-0.25, -0.2) is 0 Å². The van der Waals surface area contributed by atoms with Crippen LogP contribution in [0.5, 0.6) is 0 Å². The van der Waals surface area contributed by atoms with Crippen molar-refractivity contribution in [3.05, 3.63) is 70.6 Å². The van der Waals surface area contributed by atoms with Gasteiger partial charge in [-0.15, -0.1) is 11.3 Å². The number of hydrogen-bond acceptors (Lipinski definition) is 3. The lowest BCUT2D eigenvalue weighted by molar-refractivity contribution is -0.125. The molecule has 0 radical (unpaired) electrons. The summed E-state index contributed by atoms with van der Waals surface area (Å²) in [4.78, 5) is 13.8. The van der Waals surface area contributed by atoms with Crippen LogP contribution in [0.15, 0.2) is 60.1 Å². The summed E-state index contributed by atoms with van der Waals surface area (Å²) in [5, 5.41) is 11.6. The molecule has 1 fully saturated rings. The van der Waals surface area contributed by atoms with E-state index in [0.29, 0.717) is 17.4 Å². The summed E-state index contributed by atoms with van der Waals surface area (Å²) in [7, 11) is 0. The van der Waals surface area contributed by atoms with Crippen molar-refractivity contribution in [1.29, 1.82) is 0 Å². The zero-order valence-electron chi connectivity index (χ0n) is 12.4. The lowest BCUT2D eigenvalue weighted by atomic mass is 9.92. The quantitative estimate of drug-likeness (QED) is 0.747. The first-order valence-corrected chi connectivity index (χ1v) is 8.55. The van der Waals surface area contributed by atoms with Gasteiger partial charge in [0.05, 0.1) is 6.04 Å². The first-order valence-electron chi connectivity index (χ1n) is 7.26. The molecule has 2 atom stereocenters. The van der Waals surface area contributed by atoms with Gasteiger partial charge in [0, 0.05) is 17.1 Å². The van der Waals surface area contributed by atoms with Gasteiger partial charge in [0.15, 0.2) is 5.11 Å². The summed E-state index contributed by atoms with van der Waals surface area (Å²) in [5.74, 6) is -0.483. The molecule has 0 saturated carbocycles. The fourth-order valence-electron chi connectivity index (χ4n) is 2.59. The van der Waals surface area contributed by atoms with Crippen molar-refractivity contribution in [3.8, 4) is 0 Å². The zero-order valence-corrected chi connectivity index (χ0v) is 14.0. The number of hydrogen-bond donors (Lipinski definition) is 3. The smallest absolute Gasteiger partial charge is 0.231 e. The Morgan fingerprint density at radius 1 is 1.26 bits per heavy atom. The molecule has 2 aromatic rings. The molecule has 1 aliphatic rings. The molecule has 3 rings (SSSR count). The van der Waals surface area contributed by atoms with Gasteiger partial charge in [-0.3, -0.25) is 4.79 Å². The van der Waals surface area contributed by atoms with Crippen LogP contribution in [-0.4, -0.2) is 11.0 Å². The van der Waals surface area contributed by atoms with E-state index >= 15 is 0 Å². The second-order valence-corrected chi connectivity index (χ2v) is 6.69. The van der Waals surface area contributed by atoms with E-state index in [9.17, 15) is 4.79 Å². The highest BCUT2D eigenvalue weighted by Gasteiger charge is 2.36. The second kappa shape index (κ2) is 6.93. The van der Waals surface area contributed by atoms with Crippen molar-refractivity contribution in [3.63, 3.8) is 0 Å². The molecule has 0 spiro atoms. The van der Waals surface area contributed by atoms with Gasteiger partial charge in [-0.1, -0.05) is 43.0 Å². The van der Waals surface area contributed by atoms with Crippen LogP contribution in [0, 0.1) is 5.92 Å². The number of thiocarbonyl (C=S) groups is 1. The van der Waals surface area contributed by atoms with Crippen molar-refractivity contribution in [2.24, 2.45) is 5.92 Å². The highest BCUT2D eigenvalue weighted by atomic mass is 32.1. The summed E-state index contributed by atoms with van der Waals surface area (Å²) in [6.45, 7) is 4.48. The lowest BCUT2D eigenvalue weighted by Gasteiger charge is -2.34. The third kappa shape index (κ3) is 3.60. The van der Waals surface area contributed by atoms with Gasteiger partial charge < -0.3 is 16.0 Å². The van der Waals surface area contributed by atoms with E-state index in [-0.39, 0.29) is 11.9 Å². The van der Waals surface area contributed by atoms with Gasteiger partial charge in [0.1, 0.15) is 5.92 Å². The molecule has 1 aliphatic heterocycles. The van der Waals surface area contributed by atoms with Crippen LogP contribution < -0.4 is 16.0 Å². The third-order valence-corrected chi connectivity index (χ3v) is 4.89. The molecule has 2 heterocycles. The SMILES string of the molecule is C=C1NC(=S)NC(c2cccs2)C1C(=O)NCc1ccccc1. The summed E-state index contributed by atoms with van der Waals surface area (Å²) in [5.41, 5.74) is 1.68. The molecule has 1 aromatic heterocycles. The van der Waals surface area contributed by atoms with Gasteiger partial charge in [-0.05, 0) is 29.2 Å². The first kappa shape index (κ1) is 15.7. The molecule has 1 amide bonds. The van der Waals surface area contributed by atoms with Crippen molar-refractivity contribution in [2.45, 2.75) is 12.6 Å². The van der Waals surface area contributed by atoms with Crippen LogP contribution in [0.3, 0.4) is 0 Å². The average molecular weight is 343 g/mol. The number of carbonyl (C=O) groups is 1. The molecule has 2 unspecified atom stereocenters. The van der Waals surface area contributed by atoms with Crippen LogP contribution in [-0.2, 0) is 11.3 Å². The van der Waals surface area contributed by atoms with Crippen LogP contribution >= 0.6 is 23.6 Å². The van der Waals surface area contributed by atoms with Gasteiger partial charge in [0.2, 0.25) is 5.91 Å². The number of benzene rings is 1. The maximum absolute atomic E-state index is 12.7. The molecule has 1 saturated heterocycles. The molecule has 6 heteroatoms. The maximum Gasteiger partial charge on any atom is 0.231 e. The molecular weight excluding hydrogens is 326 g/mol. The fourth-order valence-corrected chi connectivity index (χ4v) is 3.66. The van der Waals surface area contributed by atoms with Crippen molar-refractivity contribution in [2.75, 3.05) is 0 Å². The van der Waals surface area contributed by atoms with Crippen molar-refractivity contribution < 1.29 is 4.79 Å². The highest BCUT2D eigenvalue weighted by Crippen LogP contribution is 2.32. The van der Waals surface area contributed by atoms with Crippen LogP contribution in [0.25, 0.3) is 0 Å². The number of carbonyl (C=O) groups excluding carboxylic acids is 1. The molecule has 1 aromatic carbocycles. The normalized spacial score (nSPS) is 20.5. The molecular formula is C17H17N3OS2. The van der Waals surface area contributed by atoms with E-state index in [1.807, 2.05) is 47.8 Å². The standard InChI is InChI=1S/C17H17N3OS2/c1-11-14(16(21)18-10-12-6-3-2-4-7-12)15(20-17(22)19-11)13-8-5-9-23-13/h2-9,14-15H,1,10H2,(H,18,21)(H2,19,20,22). The average Bonchev–Trinajstić information content (AvgIpc) is 3.07. The van der Waals surface area contributed by atoms with E-state index in [4.69, 9.17) is 12.2 Å². The molecule has 4 nitrogen and oxygen atoms in total. The van der Waals surface area contributed by atoms with Gasteiger partial charge >= 0.3 is 0 Å². The molecule has 23 heavy (non-hydrogen) atoms. The highest BCUT2D eigenvalue weighted by molar-refractivity contribution is 7.80. The zero-order chi connectivity index (χ0) is 16.2. The van der Waals surface area contributed by atoms with Crippen LogP contribution in [0.4, 0.5) is 0 Å². The largest absolute Gasteiger partial charge is 0.354 e. The minimum Gasteiger partial charge on any atom is -0.354 e. The van der Waals surface area contributed by atoms with Crippen LogP contribution in [0.2, 0.25) is 0 Å². The van der Waals surface area contributed by atoms with E-state index in [0.717, 1.165) is 10.4 Å². The van der Waals surface area contributed by atoms with E-state index in [1.165, 1.54) is 0 Å². The summed E-state index contributed by atoms with van der Waals surface area (Å²) in [6, 6.07) is 13.6. The molecule has 118 valence electrons. The van der Waals surface area contributed by atoms with Crippen LogP contribution in [0.1, 0.15) is 16.5 Å². The van der Waals surface area contributed by atoms with Gasteiger partial charge in [0.25, 0.3) is 0 Å². The Bertz CT molecular complexity index is 713. The molecule has 3 N–H and O–H groups in total. The number of rotatable bonds is 4. The lowest BCUT2D eigenvalue weighted by Crippen LogP contribution is -2.52. The Morgan fingerprint density at radius 3 is 2.74 bits per heavy atom. The predicted octanol–water partition coefficient (Wildman–Crippen LogP) is 2.71. The predicted molar refractivity (Wildman–Crippen MR) is 96.8 cm³/mol. The van der Waals surface area contributed by atoms with E-state index < -0.39 is 5.92 Å². The Labute approximate surface area is 144 Å². The number of amides is 1. The summed E-state index contributed by atoms with van der Waals surface area (Å²) in [6.07, 6.45) is 0. The maximum atomic E-state index is 12.7. The van der Waals surface area contributed by atoms with Crippen molar-refractivity contribution in [1.82, 2.24) is 16.0 Å². The first-order chi connectivity index (χ1) is 11.1. The number of nitrogens with one attached hydrogen (secondary N) is 3. The number of thiophene rings is 1. The second-order valence-electron chi connectivity index (χ2n) is 5.30. The Kier molecular flexibility index (Phi) is 4.73. The van der Waals surface area contributed by atoms with E-state index in [1.54, 1.807) is 11.3 Å². The minimum absolute atomic E-state index is 0.0697. The minimum atomic E-state index is -0.413. The Balaban J connectivity index is 1.75. The third-order valence-electron chi connectivity index (χ3n) is 3.71. The summed E-state index contributed by atoms with van der Waals surface area (Å²) < 4.78 is 0. The fraction of sp³-hybridized carbons (Fsp3) is 0.176. The van der Waals surface area contributed by atoms with E-state index in [2.05, 4.69) is 22.5 Å². The summed E-state index contributed by atoms with van der Waals surface area (Å²) >= 11 is 6.80. The molecule has 0 aliphatic carbocycles. The Hall–Kier alpha value is -2.18. The molecule has 0 bridgehead atoms. The monoisotopic (exact) mass is 343 g/mol. The topological polar surface area (TPSA) is 53.2 Å². The van der Waals surface area contributed by atoms with Gasteiger partial charge in [-0.2, -0.15) is 0 Å². The van der Waals surface area contributed by atoms with Crippen molar-refractivity contribution >= 4 is 34.6 Å².